The third-order valence-electron chi connectivity index (χ3n) is 4.80. The van der Waals surface area contributed by atoms with Gasteiger partial charge in [-0.1, -0.05) is 48.5 Å². The van der Waals surface area contributed by atoms with Gasteiger partial charge < -0.3 is 4.52 Å². The minimum atomic E-state index is -3.57. The quantitative estimate of drug-likeness (QED) is 0.626. The molecule has 4 rings (SSSR count). The van der Waals surface area contributed by atoms with Gasteiger partial charge in [0.2, 0.25) is 21.7 Å². The van der Waals surface area contributed by atoms with Gasteiger partial charge >= 0.3 is 0 Å². The van der Waals surface area contributed by atoms with Crippen LogP contribution in [-0.2, 0) is 16.4 Å². The summed E-state index contributed by atoms with van der Waals surface area (Å²) in [5, 5.41) is 3.96. The zero-order chi connectivity index (χ0) is 19.7. The van der Waals surface area contributed by atoms with E-state index in [-0.39, 0.29) is 0 Å². The van der Waals surface area contributed by atoms with Crippen LogP contribution in [0.3, 0.4) is 0 Å². The van der Waals surface area contributed by atoms with Crippen LogP contribution >= 0.6 is 11.3 Å². The van der Waals surface area contributed by atoms with E-state index in [1.165, 1.54) is 21.2 Å². The van der Waals surface area contributed by atoms with Gasteiger partial charge in [-0.05, 0) is 30.5 Å². The van der Waals surface area contributed by atoms with Gasteiger partial charge in [0.1, 0.15) is 0 Å². The number of rotatable bonds is 5. The predicted molar refractivity (Wildman–Crippen MR) is 110 cm³/mol. The van der Waals surface area contributed by atoms with Gasteiger partial charge in [0, 0.05) is 24.4 Å². The molecule has 1 aliphatic rings. The summed E-state index contributed by atoms with van der Waals surface area (Å²) in [5.74, 6) is 0.983. The molecule has 1 aliphatic heterocycles. The third-order valence-corrected chi connectivity index (χ3v) is 7.96. The first kappa shape index (κ1) is 19.0. The monoisotopic (exact) mass is 415 g/mol. The highest BCUT2D eigenvalue weighted by molar-refractivity contribution is 7.89. The fourth-order valence-electron chi connectivity index (χ4n) is 3.25. The lowest BCUT2D eigenvalue weighted by atomic mass is 10.0. The first-order valence-corrected chi connectivity index (χ1v) is 11.4. The van der Waals surface area contributed by atoms with E-state index in [0.29, 0.717) is 47.4 Å². The SMILES string of the molecule is CCc1nc(-c2cc(S(=O)(=O)N3CC=C(c4ccccc4)CC3)c(C)s2)no1. The highest BCUT2D eigenvalue weighted by Crippen LogP contribution is 2.35. The largest absolute Gasteiger partial charge is 0.339 e. The minimum Gasteiger partial charge on any atom is -0.339 e. The van der Waals surface area contributed by atoms with Crippen LogP contribution in [0.25, 0.3) is 16.3 Å². The zero-order valence-electron chi connectivity index (χ0n) is 15.8. The van der Waals surface area contributed by atoms with Gasteiger partial charge in [0.15, 0.2) is 0 Å². The molecule has 0 unspecified atom stereocenters. The van der Waals surface area contributed by atoms with Crippen molar-refractivity contribution in [1.29, 1.82) is 0 Å². The molecule has 0 saturated carbocycles. The second-order valence-corrected chi connectivity index (χ2v) is 9.77. The van der Waals surface area contributed by atoms with E-state index >= 15 is 0 Å². The molecular weight excluding hydrogens is 394 g/mol. The van der Waals surface area contributed by atoms with Crippen molar-refractivity contribution in [1.82, 2.24) is 14.4 Å². The van der Waals surface area contributed by atoms with E-state index in [1.807, 2.05) is 38.1 Å². The van der Waals surface area contributed by atoms with E-state index in [9.17, 15) is 8.42 Å². The van der Waals surface area contributed by atoms with Crippen molar-refractivity contribution in [2.75, 3.05) is 13.1 Å². The van der Waals surface area contributed by atoms with Gasteiger partial charge in [0.05, 0.1) is 9.77 Å². The highest BCUT2D eigenvalue weighted by Gasteiger charge is 2.30. The third kappa shape index (κ3) is 3.55. The molecule has 1 aromatic carbocycles. The van der Waals surface area contributed by atoms with Gasteiger partial charge in [-0.2, -0.15) is 9.29 Å². The molecule has 0 N–H and O–H groups in total. The molecule has 0 radical (unpaired) electrons. The van der Waals surface area contributed by atoms with Gasteiger partial charge in [-0.3, -0.25) is 0 Å². The van der Waals surface area contributed by atoms with Gasteiger partial charge in [-0.25, -0.2) is 8.42 Å². The van der Waals surface area contributed by atoms with Crippen molar-refractivity contribution in [2.45, 2.75) is 31.6 Å². The van der Waals surface area contributed by atoms with E-state index in [0.717, 1.165) is 10.4 Å². The summed E-state index contributed by atoms with van der Waals surface area (Å²) in [7, 11) is -3.57. The number of nitrogens with zero attached hydrogens (tertiary/aromatic N) is 3. The molecule has 0 spiro atoms. The molecule has 0 saturated heterocycles. The molecule has 2 aromatic heterocycles. The molecule has 0 atom stereocenters. The van der Waals surface area contributed by atoms with Crippen LogP contribution in [0.5, 0.6) is 0 Å². The summed E-state index contributed by atoms with van der Waals surface area (Å²) in [6.45, 7) is 4.59. The maximum absolute atomic E-state index is 13.2. The van der Waals surface area contributed by atoms with E-state index in [1.54, 1.807) is 6.07 Å². The standard InChI is InChI=1S/C20H21N3O3S2/c1-3-19-21-20(22-26-19)17-13-18(14(2)27-17)28(24,25)23-11-9-16(10-12-23)15-7-5-4-6-8-15/h4-9,13H,3,10-12H2,1-2H3. The smallest absolute Gasteiger partial charge is 0.244 e. The molecule has 0 aliphatic carbocycles. The Bertz CT molecular complexity index is 1110. The molecule has 146 valence electrons. The Morgan fingerprint density at radius 1 is 1.25 bits per heavy atom. The molecule has 28 heavy (non-hydrogen) atoms. The first-order valence-electron chi connectivity index (χ1n) is 9.17. The maximum atomic E-state index is 13.2. The second kappa shape index (κ2) is 7.62. The van der Waals surface area contributed by atoms with Crippen LogP contribution in [0, 0.1) is 6.92 Å². The van der Waals surface area contributed by atoms with Crippen molar-refractivity contribution in [3.63, 3.8) is 0 Å². The minimum absolute atomic E-state index is 0.326. The molecule has 8 heteroatoms. The summed E-state index contributed by atoms with van der Waals surface area (Å²) in [6.07, 6.45) is 3.35. The molecule has 0 fully saturated rings. The number of benzene rings is 1. The van der Waals surface area contributed by atoms with Crippen LogP contribution in [0.4, 0.5) is 0 Å². The second-order valence-electron chi connectivity index (χ2n) is 6.60. The Labute approximate surface area is 168 Å². The zero-order valence-corrected chi connectivity index (χ0v) is 17.4. The average Bonchev–Trinajstić information content (AvgIpc) is 3.35. The van der Waals surface area contributed by atoms with Crippen molar-refractivity contribution < 1.29 is 12.9 Å². The number of aryl methyl sites for hydroxylation is 2. The number of thiophene rings is 1. The van der Waals surface area contributed by atoms with Crippen molar-refractivity contribution in [2.24, 2.45) is 0 Å². The average molecular weight is 416 g/mol. The first-order chi connectivity index (χ1) is 13.5. The maximum Gasteiger partial charge on any atom is 0.244 e. The van der Waals surface area contributed by atoms with Crippen LogP contribution in [0.1, 0.15) is 29.7 Å². The molecule has 0 bridgehead atoms. The highest BCUT2D eigenvalue weighted by atomic mass is 32.2. The Balaban J connectivity index is 1.58. The number of aromatic nitrogens is 2. The lowest BCUT2D eigenvalue weighted by Gasteiger charge is -2.26. The fourth-order valence-corrected chi connectivity index (χ4v) is 6.12. The Morgan fingerprint density at radius 3 is 2.68 bits per heavy atom. The summed E-state index contributed by atoms with van der Waals surface area (Å²) < 4.78 is 33.1. The van der Waals surface area contributed by atoms with Crippen molar-refractivity contribution >= 4 is 26.9 Å². The lowest BCUT2D eigenvalue weighted by Crippen LogP contribution is -2.34. The summed E-state index contributed by atoms with van der Waals surface area (Å²) in [5.41, 5.74) is 2.34. The van der Waals surface area contributed by atoms with E-state index < -0.39 is 10.0 Å². The van der Waals surface area contributed by atoms with Gasteiger partial charge in [0.25, 0.3) is 0 Å². The fraction of sp³-hybridized carbons (Fsp3) is 0.300. The van der Waals surface area contributed by atoms with Crippen LogP contribution in [0.15, 0.2) is 51.9 Å². The molecule has 6 nitrogen and oxygen atoms in total. The normalized spacial score (nSPS) is 15.6. The molecular formula is C20H21N3O3S2. The summed E-state index contributed by atoms with van der Waals surface area (Å²) in [4.78, 5) is 6.07. The molecule has 0 amide bonds. The molecule has 3 aromatic rings. The summed E-state index contributed by atoms with van der Waals surface area (Å²) in [6, 6.07) is 11.8. The Morgan fingerprint density at radius 2 is 2.04 bits per heavy atom. The Hall–Kier alpha value is -2.29. The van der Waals surface area contributed by atoms with E-state index in [2.05, 4.69) is 22.3 Å². The molecule has 3 heterocycles. The topological polar surface area (TPSA) is 76.3 Å². The van der Waals surface area contributed by atoms with Crippen LogP contribution in [-0.4, -0.2) is 36.0 Å². The van der Waals surface area contributed by atoms with Crippen molar-refractivity contribution in [3.05, 3.63) is 58.8 Å². The van der Waals surface area contributed by atoms with Gasteiger partial charge in [-0.15, -0.1) is 11.3 Å². The number of hydrogen-bond acceptors (Lipinski definition) is 6. The predicted octanol–water partition coefficient (Wildman–Crippen LogP) is 4.15. The number of hydrogen-bond donors (Lipinski definition) is 0. The Kier molecular flexibility index (Phi) is 5.18. The number of sulfonamides is 1. The summed E-state index contributed by atoms with van der Waals surface area (Å²) >= 11 is 1.37. The van der Waals surface area contributed by atoms with Crippen LogP contribution < -0.4 is 0 Å². The van der Waals surface area contributed by atoms with E-state index in [4.69, 9.17) is 4.52 Å². The van der Waals surface area contributed by atoms with Crippen LogP contribution in [0.2, 0.25) is 0 Å². The van der Waals surface area contributed by atoms with Crippen molar-refractivity contribution in [3.8, 4) is 10.7 Å². The lowest BCUT2D eigenvalue weighted by molar-refractivity contribution is 0.383.